The fourth-order valence-corrected chi connectivity index (χ4v) is 4.90. The summed E-state index contributed by atoms with van der Waals surface area (Å²) in [6.07, 6.45) is 7.90. The summed E-state index contributed by atoms with van der Waals surface area (Å²) < 4.78 is 2.48. The number of hydrogen-bond acceptors (Lipinski definition) is 1. The second-order valence-corrected chi connectivity index (χ2v) is 7.01. The zero-order valence-corrected chi connectivity index (χ0v) is 14.9. The van der Waals surface area contributed by atoms with E-state index < -0.39 is 0 Å². The van der Waals surface area contributed by atoms with E-state index in [-0.39, 0.29) is 17.9 Å². The minimum Gasteiger partial charge on any atom is -1.00 e. The molecule has 2 aromatic rings. The second kappa shape index (κ2) is 6.33. The molecule has 1 spiro atoms. The van der Waals surface area contributed by atoms with E-state index in [9.17, 15) is 0 Å². The van der Waals surface area contributed by atoms with Gasteiger partial charge in [-0.3, -0.25) is 0 Å². The lowest BCUT2D eigenvalue weighted by Crippen LogP contribution is -3.00. The van der Waals surface area contributed by atoms with Crippen molar-refractivity contribution in [2.24, 2.45) is 0 Å². The fraction of sp³-hybridized carbons (Fsp3) is 0.500. The van der Waals surface area contributed by atoms with Crippen molar-refractivity contribution in [2.45, 2.75) is 57.9 Å². The van der Waals surface area contributed by atoms with Gasteiger partial charge < -0.3 is 22.3 Å². The predicted molar refractivity (Wildman–Crippen MR) is 91.7 cm³/mol. The minimum atomic E-state index is 0. The van der Waals surface area contributed by atoms with Crippen LogP contribution in [0.2, 0.25) is 0 Å². The Morgan fingerprint density at radius 3 is 2.35 bits per heavy atom. The van der Waals surface area contributed by atoms with Gasteiger partial charge >= 0.3 is 0 Å². The first-order valence-corrected chi connectivity index (χ1v) is 8.75. The molecule has 1 aliphatic carbocycles. The zero-order chi connectivity index (χ0) is 15.2. The Morgan fingerprint density at radius 2 is 1.65 bits per heavy atom. The van der Waals surface area contributed by atoms with E-state index in [0.29, 0.717) is 0 Å². The van der Waals surface area contributed by atoms with Gasteiger partial charge in [0.2, 0.25) is 0 Å². The number of benzene rings is 1. The van der Waals surface area contributed by atoms with Gasteiger partial charge in [-0.2, -0.15) is 0 Å². The summed E-state index contributed by atoms with van der Waals surface area (Å²) in [5.41, 5.74) is 7.69. The summed E-state index contributed by atoms with van der Waals surface area (Å²) in [6, 6.07) is 10.8. The minimum absolute atomic E-state index is 0. The first-order chi connectivity index (χ1) is 10.7. The maximum absolute atomic E-state index is 3.91. The smallest absolute Gasteiger partial charge is 0.0455 e. The topological polar surface area (TPSA) is 17.0 Å². The summed E-state index contributed by atoms with van der Waals surface area (Å²) in [7, 11) is 0. The van der Waals surface area contributed by atoms with Gasteiger partial charge in [0.05, 0.1) is 0 Å². The van der Waals surface area contributed by atoms with Crippen LogP contribution in [0.3, 0.4) is 0 Å². The van der Waals surface area contributed by atoms with Gasteiger partial charge in [-0.15, -0.1) is 0 Å². The summed E-state index contributed by atoms with van der Waals surface area (Å²) >= 11 is 0. The Hall–Kier alpha value is -1.25. The highest BCUT2D eigenvalue weighted by molar-refractivity contribution is 5.50. The molecule has 1 aromatic heterocycles. The molecule has 2 heterocycles. The quantitative estimate of drug-likeness (QED) is 0.837. The Kier molecular flexibility index (Phi) is 4.57. The van der Waals surface area contributed by atoms with Crippen LogP contribution in [0.15, 0.2) is 30.3 Å². The molecule has 2 nitrogen and oxygen atoms in total. The molecule has 0 saturated heterocycles. The molecule has 0 bridgehead atoms. The zero-order valence-electron chi connectivity index (χ0n) is 14.2. The molecule has 0 amide bonds. The van der Waals surface area contributed by atoms with E-state index in [4.69, 9.17) is 0 Å². The standard InChI is InChI=1S/C20H26N2.ClH/c1-15-18-11-14-21-20(12-7-4-8-13-20)19(18)16(2)22(15)17-9-5-3-6-10-17;/h3,5-6,9-10,21H,4,7-8,11-14H2,1-2H3;1H/p-1. The molecule has 2 aliphatic rings. The number of halogens is 1. The third kappa shape index (κ3) is 2.53. The second-order valence-electron chi connectivity index (χ2n) is 7.01. The number of rotatable bonds is 1. The van der Waals surface area contributed by atoms with Crippen molar-refractivity contribution in [3.63, 3.8) is 0 Å². The first kappa shape index (κ1) is 16.6. The maximum Gasteiger partial charge on any atom is 0.0455 e. The SMILES string of the molecule is Cc1c2c(c(C)n1-c1ccccc1)C1(CCCCC1)NCC2.[Cl-]. The van der Waals surface area contributed by atoms with Crippen LogP contribution >= 0.6 is 0 Å². The van der Waals surface area contributed by atoms with E-state index in [1.165, 1.54) is 55.6 Å². The molecule has 0 radical (unpaired) electrons. The molecular weight excluding hydrogens is 304 g/mol. The molecule has 23 heavy (non-hydrogen) atoms. The Labute approximate surface area is 145 Å². The number of para-hydroxylation sites is 1. The first-order valence-electron chi connectivity index (χ1n) is 8.75. The third-order valence-electron chi connectivity index (χ3n) is 5.81. The number of aromatic nitrogens is 1. The van der Waals surface area contributed by atoms with Crippen molar-refractivity contribution in [3.8, 4) is 5.69 Å². The summed E-state index contributed by atoms with van der Waals surface area (Å²) in [5.74, 6) is 0. The van der Waals surface area contributed by atoms with E-state index >= 15 is 0 Å². The highest BCUT2D eigenvalue weighted by Crippen LogP contribution is 2.44. The van der Waals surface area contributed by atoms with Gasteiger partial charge in [0, 0.05) is 29.2 Å². The highest BCUT2D eigenvalue weighted by atomic mass is 35.5. The van der Waals surface area contributed by atoms with E-state index in [2.05, 4.69) is 54.1 Å². The lowest BCUT2D eigenvalue weighted by atomic mass is 9.73. The Bertz CT molecular complexity index is 681. The number of nitrogens with one attached hydrogen (secondary N) is 1. The molecule has 1 aliphatic heterocycles. The lowest BCUT2D eigenvalue weighted by Gasteiger charge is -2.42. The monoisotopic (exact) mass is 329 g/mol. The Morgan fingerprint density at radius 1 is 0.957 bits per heavy atom. The summed E-state index contributed by atoms with van der Waals surface area (Å²) in [6.45, 7) is 5.76. The van der Waals surface area contributed by atoms with Gasteiger partial charge in [-0.05, 0) is 56.4 Å². The van der Waals surface area contributed by atoms with Crippen LogP contribution in [0.4, 0.5) is 0 Å². The molecule has 1 saturated carbocycles. The van der Waals surface area contributed by atoms with Crippen LogP contribution in [0.1, 0.15) is 54.6 Å². The maximum atomic E-state index is 3.91. The van der Waals surface area contributed by atoms with Crippen LogP contribution in [-0.4, -0.2) is 11.1 Å². The predicted octanol–water partition coefficient (Wildman–Crippen LogP) is 1.40. The summed E-state index contributed by atoms with van der Waals surface area (Å²) in [5, 5.41) is 3.91. The van der Waals surface area contributed by atoms with Crippen molar-refractivity contribution >= 4 is 0 Å². The largest absolute Gasteiger partial charge is 1.00 e. The van der Waals surface area contributed by atoms with Crippen LogP contribution < -0.4 is 17.7 Å². The molecule has 0 atom stereocenters. The van der Waals surface area contributed by atoms with E-state index in [0.717, 1.165) is 6.54 Å². The van der Waals surface area contributed by atoms with Gasteiger partial charge in [0.15, 0.2) is 0 Å². The molecule has 4 rings (SSSR count). The van der Waals surface area contributed by atoms with Gasteiger partial charge in [-0.1, -0.05) is 37.5 Å². The van der Waals surface area contributed by atoms with Gasteiger partial charge in [-0.25, -0.2) is 0 Å². The van der Waals surface area contributed by atoms with Crippen LogP contribution in [0.5, 0.6) is 0 Å². The average molecular weight is 330 g/mol. The number of fused-ring (bicyclic) bond motifs is 2. The normalized spacial score (nSPS) is 19.2. The van der Waals surface area contributed by atoms with Crippen molar-refractivity contribution < 1.29 is 12.4 Å². The van der Waals surface area contributed by atoms with E-state index in [1.54, 1.807) is 11.1 Å². The fourth-order valence-electron chi connectivity index (χ4n) is 4.90. The van der Waals surface area contributed by atoms with E-state index in [1.807, 2.05) is 0 Å². The summed E-state index contributed by atoms with van der Waals surface area (Å²) in [4.78, 5) is 0. The molecule has 0 unspecified atom stereocenters. The number of hydrogen-bond donors (Lipinski definition) is 1. The van der Waals surface area contributed by atoms with Crippen molar-refractivity contribution in [3.05, 3.63) is 52.8 Å². The molecular formula is C20H26ClN2-. The Balaban J connectivity index is 0.00000156. The molecule has 124 valence electrons. The molecule has 1 N–H and O–H groups in total. The van der Waals surface area contributed by atoms with Crippen LogP contribution in [0, 0.1) is 13.8 Å². The van der Waals surface area contributed by atoms with Crippen molar-refractivity contribution in [2.75, 3.05) is 6.54 Å². The average Bonchev–Trinajstić information content (AvgIpc) is 2.82. The highest BCUT2D eigenvalue weighted by Gasteiger charge is 2.41. The van der Waals surface area contributed by atoms with Crippen molar-refractivity contribution in [1.82, 2.24) is 9.88 Å². The van der Waals surface area contributed by atoms with Crippen molar-refractivity contribution in [1.29, 1.82) is 0 Å². The number of nitrogens with zero attached hydrogens (tertiary/aromatic N) is 1. The van der Waals surface area contributed by atoms with Crippen LogP contribution in [-0.2, 0) is 12.0 Å². The third-order valence-corrected chi connectivity index (χ3v) is 5.81. The lowest BCUT2D eigenvalue weighted by molar-refractivity contribution is -0.00000500. The van der Waals surface area contributed by atoms with Gasteiger partial charge in [0.25, 0.3) is 0 Å². The molecule has 3 heteroatoms. The molecule has 1 fully saturated rings. The van der Waals surface area contributed by atoms with Gasteiger partial charge in [0.1, 0.15) is 0 Å². The van der Waals surface area contributed by atoms with Crippen LogP contribution in [0.25, 0.3) is 5.69 Å². The molecule has 1 aromatic carbocycles.